The quantitative estimate of drug-likeness (QED) is 0.254. The number of hydrogen-bond donors (Lipinski definition) is 4. The van der Waals surface area contributed by atoms with Crippen molar-refractivity contribution in [2.24, 2.45) is 15.8 Å². The van der Waals surface area contributed by atoms with Gasteiger partial charge in [-0.2, -0.15) is 5.41 Å². The fourth-order valence-corrected chi connectivity index (χ4v) is 0.299. The molecular weight excluding hydrogens is 351 g/mol. The molecule has 0 saturated carbocycles. The zero-order valence-electron chi connectivity index (χ0n) is 14.7. The van der Waals surface area contributed by atoms with Crippen molar-refractivity contribution >= 4 is 0 Å². The number of nitrogens with zero attached hydrogens (tertiary/aromatic N) is 2. The topological polar surface area (TPSA) is 156 Å². The van der Waals surface area contributed by atoms with Gasteiger partial charge in [0.2, 0.25) is 0 Å². The van der Waals surface area contributed by atoms with Crippen LogP contribution in [0.15, 0.2) is 33.1 Å². The van der Waals surface area contributed by atoms with Crippen LogP contribution < -0.4 is 11.0 Å². The van der Waals surface area contributed by atoms with Gasteiger partial charge in [-0.05, 0) is 38.0 Å². The second-order valence-electron chi connectivity index (χ2n) is 5.39. The Morgan fingerprint density at radius 1 is 0.870 bits per heavy atom. The zero-order chi connectivity index (χ0) is 17.6. The summed E-state index contributed by atoms with van der Waals surface area (Å²) in [5, 5.41) is 21.4. The minimum Gasteiger partial charge on any atom is -0.457 e. The molecule has 0 atom stereocenters. The van der Waals surface area contributed by atoms with Crippen LogP contribution in [-0.4, -0.2) is 10.4 Å². The summed E-state index contributed by atoms with van der Waals surface area (Å²) in [6.45, 7) is 16.1. The van der Waals surface area contributed by atoms with Crippen LogP contribution in [0.1, 0.15) is 48.5 Å². The van der Waals surface area contributed by atoms with E-state index in [1.807, 2.05) is 0 Å². The number of nitrogens with one attached hydrogen (secondary N) is 2. The van der Waals surface area contributed by atoms with Crippen molar-refractivity contribution in [2.75, 3.05) is 0 Å². The molecule has 0 spiro atoms. The van der Waals surface area contributed by atoms with E-state index in [0.717, 1.165) is 0 Å². The van der Waals surface area contributed by atoms with Gasteiger partial charge in [-0.25, -0.2) is 0 Å². The summed E-state index contributed by atoms with van der Waals surface area (Å²) in [5.74, 6) is 0. The summed E-state index contributed by atoms with van der Waals surface area (Å²) < 4.78 is 0. The molecule has 10 heteroatoms. The van der Waals surface area contributed by atoms with Crippen LogP contribution in [0.4, 0.5) is 0 Å². The summed E-state index contributed by atoms with van der Waals surface area (Å²) in [7, 11) is 0. The first-order valence-electron chi connectivity index (χ1n) is 6.11. The van der Waals surface area contributed by atoms with Crippen molar-refractivity contribution in [3.63, 3.8) is 0 Å². The molecule has 0 amide bonds. The minimum absolute atomic E-state index is 0. The van der Waals surface area contributed by atoms with Crippen molar-refractivity contribution in [1.82, 2.24) is 11.0 Å². The van der Waals surface area contributed by atoms with Crippen LogP contribution in [-0.2, 0) is 22.3 Å². The monoisotopic (exact) mass is 381 g/mol. The van der Waals surface area contributed by atoms with Crippen molar-refractivity contribution in [3.8, 4) is 0 Å². The predicted molar refractivity (Wildman–Crippen MR) is 87.9 cm³/mol. The summed E-state index contributed by atoms with van der Waals surface area (Å²) >= 11 is 0. The van der Waals surface area contributed by atoms with Gasteiger partial charge in [0.25, 0.3) is 0 Å². The van der Waals surface area contributed by atoms with Crippen molar-refractivity contribution in [1.29, 1.82) is 0 Å². The van der Waals surface area contributed by atoms with E-state index in [2.05, 4.69) is 38.0 Å². The maximum atomic E-state index is 9.65. The van der Waals surface area contributed by atoms with Gasteiger partial charge in [0, 0.05) is 16.8 Å². The Bertz CT molecular complexity index is 343. The standard InChI is InChI=1S/C5H11.2C4H8N2O2.Co.H2O/c1-5(2,3)4;2*1-3(5-7)4(2)6-8;;/h1H2,2-4H3;2*5,7H,1-2H3;;1H2/q-1;;;;/p+1. The van der Waals surface area contributed by atoms with Gasteiger partial charge < -0.3 is 12.4 Å². The molecule has 0 fully saturated rings. The molecule has 7 N–H and O–H groups in total. The van der Waals surface area contributed by atoms with Gasteiger partial charge in [0.15, 0.2) is 0 Å². The van der Waals surface area contributed by atoms with Gasteiger partial charge in [-0.15, -0.1) is 9.81 Å². The van der Waals surface area contributed by atoms with Gasteiger partial charge in [0.05, 0.1) is 11.4 Å². The zero-order valence-corrected chi connectivity index (χ0v) is 15.8. The molecule has 141 valence electrons. The van der Waals surface area contributed by atoms with E-state index in [0.29, 0.717) is 11.4 Å². The molecule has 0 aliphatic heterocycles. The predicted octanol–water partition coefficient (Wildman–Crippen LogP) is 2.91. The van der Waals surface area contributed by atoms with E-state index in [1.54, 1.807) is 24.8 Å². The molecule has 0 aromatic carbocycles. The maximum absolute atomic E-state index is 9.65. The maximum Gasteiger partial charge on any atom is 0.103 e. The van der Waals surface area contributed by atoms with Crippen LogP contribution in [0.25, 0.3) is 0 Å². The van der Waals surface area contributed by atoms with Gasteiger partial charge in [-0.1, -0.05) is 20.8 Å². The molecule has 23 heavy (non-hydrogen) atoms. The van der Waals surface area contributed by atoms with E-state index in [-0.39, 0.29) is 39.1 Å². The average molecular weight is 381 g/mol. The van der Waals surface area contributed by atoms with E-state index in [9.17, 15) is 9.81 Å². The van der Waals surface area contributed by atoms with Crippen LogP contribution in [0.2, 0.25) is 0 Å². The molecule has 0 aromatic heterocycles. The van der Waals surface area contributed by atoms with Crippen LogP contribution in [0, 0.1) is 22.2 Å². The first kappa shape index (κ1) is 33.3. The Morgan fingerprint density at radius 3 is 1.09 bits per heavy atom. The SMILES string of the molecule is CC(N=O)=C(C)NO.CC(N=O)=C(C)NO.[CH2-]C(C)(C)C.[Co].[OH3+]. The molecular formula is C13H30CoN4O5. The van der Waals surface area contributed by atoms with Crippen molar-refractivity contribution in [3.05, 3.63) is 39.5 Å². The third-order valence-corrected chi connectivity index (χ3v) is 1.69. The van der Waals surface area contributed by atoms with E-state index in [4.69, 9.17) is 10.4 Å². The average Bonchev–Trinajstić information content (AvgIpc) is 2.42. The fourth-order valence-electron chi connectivity index (χ4n) is 0.299. The summed E-state index contributed by atoms with van der Waals surface area (Å²) in [4.78, 5) is 19.3. The molecule has 0 aromatic rings. The fraction of sp³-hybridized carbons (Fsp3) is 0.615. The van der Waals surface area contributed by atoms with Crippen LogP contribution in [0.3, 0.4) is 0 Å². The van der Waals surface area contributed by atoms with E-state index < -0.39 is 0 Å². The third-order valence-electron chi connectivity index (χ3n) is 1.69. The summed E-state index contributed by atoms with van der Waals surface area (Å²) in [6, 6.07) is 0. The molecule has 0 bridgehead atoms. The molecule has 0 rings (SSSR count). The van der Waals surface area contributed by atoms with Crippen LogP contribution in [0.5, 0.6) is 0 Å². The van der Waals surface area contributed by atoms with E-state index in [1.165, 1.54) is 13.8 Å². The Kier molecular flexibility index (Phi) is 27.1. The molecule has 0 unspecified atom stereocenters. The number of allylic oxidation sites excluding steroid dienone is 4. The third kappa shape index (κ3) is 33.5. The van der Waals surface area contributed by atoms with Gasteiger partial charge in [0.1, 0.15) is 11.4 Å². The molecule has 0 aliphatic carbocycles. The van der Waals surface area contributed by atoms with Crippen LogP contribution >= 0.6 is 0 Å². The molecule has 0 saturated heterocycles. The Morgan fingerprint density at radius 2 is 1.04 bits per heavy atom. The normalized spacial score (nSPS) is 11.2. The first-order chi connectivity index (χ1) is 9.44. The Labute approximate surface area is 148 Å². The second-order valence-corrected chi connectivity index (χ2v) is 5.39. The smallest absolute Gasteiger partial charge is 0.103 e. The second kappa shape index (κ2) is 18.7. The molecule has 1 radical (unpaired) electrons. The van der Waals surface area contributed by atoms with Crippen molar-refractivity contribution < 1.29 is 32.7 Å². The van der Waals surface area contributed by atoms with E-state index >= 15 is 0 Å². The summed E-state index contributed by atoms with van der Waals surface area (Å²) in [5.41, 5.74) is 5.12. The Balaban J connectivity index is -0.0000000693. The van der Waals surface area contributed by atoms with Gasteiger partial charge >= 0.3 is 0 Å². The molecule has 9 nitrogen and oxygen atoms in total. The Hall–Kier alpha value is -1.33. The molecule has 0 heterocycles. The summed E-state index contributed by atoms with van der Waals surface area (Å²) in [6.07, 6.45) is 0. The first-order valence-corrected chi connectivity index (χ1v) is 6.11. The largest absolute Gasteiger partial charge is 0.457 e. The van der Waals surface area contributed by atoms with Gasteiger partial charge in [-0.3, -0.25) is 21.4 Å². The molecule has 0 aliphatic rings. The number of hydrogen-bond acceptors (Lipinski definition) is 8. The van der Waals surface area contributed by atoms with Crippen molar-refractivity contribution in [2.45, 2.75) is 48.5 Å². The minimum atomic E-state index is 0. The number of hydroxylamine groups is 2. The number of nitroso groups, excluding NO2 is 2. The number of rotatable bonds is 4.